The van der Waals surface area contributed by atoms with Gasteiger partial charge in [0.25, 0.3) is 5.91 Å². The first kappa shape index (κ1) is 16.4. The molecular formula is C17H18BrNO3. The zero-order valence-corrected chi connectivity index (χ0v) is 14.4. The molecule has 0 bridgehead atoms. The Labute approximate surface area is 138 Å². The molecule has 0 aliphatic heterocycles. The van der Waals surface area contributed by atoms with Crippen molar-refractivity contribution in [1.82, 2.24) is 4.90 Å². The Kier molecular flexibility index (Phi) is 5.44. The van der Waals surface area contributed by atoms with Gasteiger partial charge in [0.05, 0.1) is 19.8 Å². The molecule has 0 saturated carbocycles. The number of ether oxygens (including phenoxy) is 2. The first-order valence-corrected chi connectivity index (χ1v) is 7.56. The number of carbonyl (C=O) groups excluding carboxylic acids is 1. The van der Waals surface area contributed by atoms with Crippen LogP contribution in [-0.2, 0) is 6.54 Å². The van der Waals surface area contributed by atoms with Gasteiger partial charge in [0.1, 0.15) is 11.5 Å². The summed E-state index contributed by atoms with van der Waals surface area (Å²) < 4.78 is 11.1. The molecule has 0 unspecified atom stereocenters. The number of benzene rings is 2. The summed E-state index contributed by atoms with van der Waals surface area (Å²) in [4.78, 5) is 14.3. The molecule has 0 aromatic heterocycles. The van der Waals surface area contributed by atoms with Crippen molar-refractivity contribution in [3.63, 3.8) is 0 Å². The predicted molar refractivity (Wildman–Crippen MR) is 89.5 cm³/mol. The summed E-state index contributed by atoms with van der Waals surface area (Å²) >= 11 is 3.41. The van der Waals surface area contributed by atoms with Gasteiger partial charge in [-0.15, -0.1) is 0 Å². The molecule has 2 aromatic carbocycles. The van der Waals surface area contributed by atoms with Crippen molar-refractivity contribution >= 4 is 21.8 Å². The Balaban J connectivity index is 2.18. The highest BCUT2D eigenvalue weighted by Crippen LogP contribution is 2.24. The predicted octanol–water partition coefficient (Wildman–Crippen LogP) is 3.74. The van der Waals surface area contributed by atoms with Gasteiger partial charge in [-0.3, -0.25) is 4.79 Å². The lowest BCUT2D eigenvalue weighted by Gasteiger charge is -2.19. The smallest absolute Gasteiger partial charge is 0.255 e. The van der Waals surface area contributed by atoms with Gasteiger partial charge in [0.2, 0.25) is 0 Å². The summed E-state index contributed by atoms with van der Waals surface area (Å²) in [7, 11) is 4.98. The van der Waals surface area contributed by atoms with Gasteiger partial charge in [-0.1, -0.05) is 12.1 Å². The third-order valence-corrected chi connectivity index (χ3v) is 4.00. The van der Waals surface area contributed by atoms with E-state index in [0.29, 0.717) is 17.9 Å². The lowest BCUT2D eigenvalue weighted by molar-refractivity contribution is 0.0783. The molecule has 1 amide bonds. The van der Waals surface area contributed by atoms with Gasteiger partial charge in [0.15, 0.2) is 0 Å². The van der Waals surface area contributed by atoms with Gasteiger partial charge in [-0.2, -0.15) is 0 Å². The van der Waals surface area contributed by atoms with E-state index >= 15 is 0 Å². The maximum absolute atomic E-state index is 12.6. The third kappa shape index (κ3) is 3.80. The number of methoxy groups -OCH3 is 2. The lowest BCUT2D eigenvalue weighted by atomic mass is 10.1. The SMILES string of the molecule is COc1cccc(CN(C)C(=O)c2cc(OC)ccc2Br)c1. The second-order valence-corrected chi connectivity index (χ2v) is 5.71. The maximum Gasteiger partial charge on any atom is 0.255 e. The van der Waals surface area contributed by atoms with E-state index in [2.05, 4.69) is 15.9 Å². The van der Waals surface area contributed by atoms with E-state index in [0.717, 1.165) is 15.8 Å². The first-order chi connectivity index (χ1) is 10.5. The Morgan fingerprint density at radius 2 is 1.77 bits per heavy atom. The van der Waals surface area contributed by atoms with E-state index in [4.69, 9.17) is 9.47 Å². The average Bonchev–Trinajstić information content (AvgIpc) is 2.54. The molecule has 0 atom stereocenters. The number of rotatable bonds is 5. The molecule has 2 rings (SSSR count). The summed E-state index contributed by atoms with van der Waals surface area (Å²) in [5, 5.41) is 0. The Morgan fingerprint density at radius 3 is 2.45 bits per heavy atom. The fourth-order valence-electron chi connectivity index (χ4n) is 2.12. The summed E-state index contributed by atoms with van der Waals surface area (Å²) in [6, 6.07) is 13.0. The molecular weight excluding hydrogens is 346 g/mol. The number of nitrogens with zero attached hydrogens (tertiary/aromatic N) is 1. The Hall–Kier alpha value is -2.01. The Bertz CT molecular complexity index is 673. The van der Waals surface area contributed by atoms with Crippen LogP contribution in [0.25, 0.3) is 0 Å². The highest BCUT2D eigenvalue weighted by atomic mass is 79.9. The minimum atomic E-state index is -0.0754. The van der Waals surface area contributed by atoms with Crippen LogP contribution in [0.1, 0.15) is 15.9 Å². The van der Waals surface area contributed by atoms with Gasteiger partial charge in [-0.25, -0.2) is 0 Å². The summed E-state index contributed by atoms with van der Waals surface area (Å²) in [5.41, 5.74) is 1.58. The summed E-state index contributed by atoms with van der Waals surface area (Å²) in [6.45, 7) is 0.500. The fourth-order valence-corrected chi connectivity index (χ4v) is 2.53. The van der Waals surface area contributed by atoms with Gasteiger partial charge in [-0.05, 0) is 51.8 Å². The van der Waals surface area contributed by atoms with Crippen LogP contribution >= 0.6 is 15.9 Å². The van der Waals surface area contributed by atoms with Gasteiger partial charge >= 0.3 is 0 Å². The average molecular weight is 364 g/mol. The minimum absolute atomic E-state index is 0.0754. The van der Waals surface area contributed by atoms with E-state index in [-0.39, 0.29) is 5.91 Å². The standard InChI is InChI=1S/C17H18BrNO3/c1-19(11-12-5-4-6-13(9-12)21-2)17(20)15-10-14(22-3)7-8-16(15)18/h4-10H,11H2,1-3H3. The van der Waals surface area contributed by atoms with Crippen LogP contribution in [0.2, 0.25) is 0 Å². The molecule has 4 nitrogen and oxygen atoms in total. The second-order valence-electron chi connectivity index (χ2n) is 4.86. The van der Waals surface area contributed by atoms with Crippen LogP contribution in [0.15, 0.2) is 46.9 Å². The molecule has 0 aliphatic carbocycles. The van der Waals surface area contributed by atoms with E-state index in [9.17, 15) is 4.79 Å². The molecule has 0 fully saturated rings. The number of hydrogen-bond acceptors (Lipinski definition) is 3. The highest BCUT2D eigenvalue weighted by molar-refractivity contribution is 9.10. The van der Waals surface area contributed by atoms with Crippen LogP contribution in [0.3, 0.4) is 0 Å². The van der Waals surface area contributed by atoms with Gasteiger partial charge in [0, 0.05) is 18.1 Å². The zero-order chi connectivity index (χ0) is 16.1. The zero-order valence-electron chi connectivity index (χ0n) is 12.8. The van der Waals surface area contributed by atoms with E-state index in [1.165, 1.54) is 0 Å². The number of amides is 1. The molecule has 5 heteroatoms. The van der Waals surface area contributed by atoms with Crippen LogP contribution in [-0.4, -0.2) is 32.1 Å². The van der Waals surface area contributed by atoms with Crippen LogP contribution < -0.4 is 9.47 Å². The van der Waals surface area contributed by atoms with Crippen molar-refractivity contribution in [2.45, 2.75) is 6.54 Å². The maximum atomic E-state index is 12.6. The quantitative estimate of drug-likeness (QED) is 0.812. The molecule has 22 heavy (non-hydrogen) atoms. The van der Waals surface area contributed by atoms with Crippen LogP contribution in [0.4, 0.5) is 0 Å². The van der Waals surface area contributed by atoms with Crippen molar-refractivity contribution in [2.75, 3.05) is 21.3 Å². The van der Waals surface area contributed by atoms with E-state index in [1.807, 2.05) is 36.4 Å². The molecule has 0 spiro atoms. The van der Waals surface area contributed by atoms with Crippen molar-refractivity contribution in [2.24, 2.45) is 0 Å². The molecule has 0 heterocycles. The number of hydrogen-bond donors (Lipinski definition) is 0. The highest BCUT2D eigenvalue weighted by Gasteiger charge is 2.16. The topological polar surface area (TPSA) is 38.8 Å². The number of carbonyl (C=O) groups is 1. The van der Waals surface area contributed by atoms with Crippen molar-refractivity contribution in [3.8, 4) is 11.5 Å². The minimum Gasteiger partial charge on any atom is -0.497 e. The monoisotopic (exact) mass is 363 g/mol. The van der Waals surface area contributed by atoms with Crippen molar-refractivity contribution < 1.29 is 14.3 Å². The van der Waals surface area contributed by atoms with Crippen LogP contribution in [0.5, 0.6) is 11.5 Å². The Morgan fingerprint density at radius 1 is 1.09 bits per heavy atom. The largest absolute Gasteiger partial charge is 0.497 e. The molecule has 0 radical (unpaired) electrons. The summed E-state index contributed by atoms with van der Waals surface area (Å²) in [6.07, 6.45) is 0. The summed E-state index contributed by atoms with van der Waals surface area (Å²) in [5.74, 6) is 1.36. The van der Waals surface area contributed by atoms with E-state index < -0.39 is 0 Å². The van der Waals surface area contributed by atoms with E-state index in [1.54, 1.807) is 32.2 Å². The molecule has 116 valence electrons. The molecule has 0 aliphatic rings. The number of halogens is 1. The molecule has 0 N–H and O–H groups in total. The van der Waals surface area contributed by atoms with Crippen molar-refractivity contribution in [3.05, 3.63) is 58.1 Å². The van der Waals surface area contributed by atoms with Crippen molar-refractivity contribution in [1.29, 1.82) is 0 Å². The van der Waals surface area contributed by atoms with Crippen LogP contribution in [0, 0.1) is 0 Å². The lowest BCUT2D eigenvalue weighted by Crippen LogP contribution is -2.26. The second kappa shape index (κ2) is 7.31. The van der Waals surface area contributed by atoms with Gasteiger partial charge < -0.3 is 14.4 Å². The normalized spacial score (nSPS) is 10.2. The first-order valence-electron chi connectivity index (χ1n) is 6.77. The molecule has 2 aromatic rings. The third-order valence-electron chi connectivity index (χ3n) is 3.30. The fraction of sp³-hybridized carbons (Fsp3) is 0.235. The molecule has 0 saturated heterocycles.